The first-order valence-electron chi connectivity index (χ1n) is 7.04. The number of hydrogen-bond acceptors (Lipinski definition) is 0. The molecule has 3 aliphatic rings. The van der Waals surface area contributed by atoms with Gasteiger partial charge in [0.1, 0.15) is 0 Å². The van der Waals surface area contributed by atoms with Crippen LogP contribution in [0.15, 0.2) is 43.1 Å². The van der Waals surface area contributed by atoms with Gasteiger partial charge in [-0.2, -0.15) is 0 Å². The van der Waals surface area contributed by atoms with Crippen LogP contribution in [0, 0.1) is 0 Å². The van der Waals surface area contributed by atoms with Crippen LogP contribution in [0.25, 0.3) is 0 Å². The molecule has 0 aromatic heterocycles. The average molecular weight is 393 g/mol. The number of rotatable bonds is 3. The summed E-state index contributed by atoms with van der Waals surface area (Å²) in [6, 6.07) is 0. The molecule has 0 heterocycles. The van der Waals surface area contributed by atoms with Crippen LogP contribution in [0.1, 0.15) is 46.4 Å². The number of allylic oxidation sites excluding steroid dienone is 8. The van der Waals surface area contributed by atoms with Gasteiger partial charge in [-0.3, -0.25) is 0 Å². The Hall–Kier alpha value is -0.170. The molecule has 0 N–H and O–H groups in total. The Kier molecular flexibility index (Phi) is 3.95. The molecule has 3 rings (SSSR count). The molecule has 0 unspecified atom stereocenters. The zero-order valence-corrected chi connectivity index (χ0v) is 14.1. The average Bonchev–Trinajstić information content (AvgIpc) is 3.04. The van der Waals surface area contributed by atoms with E-state index in [-0.39, 0.29) is 1.43 Å². The topological polar surface area (TPSA) is 0 Å². The Morgan fingerprint density at radius 2 is 1.47 bits per heavy atom. The van der Waals surface area contributed by atoms with E-state index in [4.69, 9.17) is 0 Å². The zero-order valence-electron chi connectivity index (χ0n) is 11.5. The minimum Gasteiger partial charge on any atom is -1.00 e. The molecule has 1 fully saturated rings. The zero-order chi connectivity index (χ0) is 11.5. The summed E-state index contributed by atoms with van der Waals surface area (Å²) >= 11 is -1.66. The van der Waals surface area contributed by atoms with Crippen LogP contribution in [0.4, 0.5) is 0 Å². The van der Waals surface area contributed by atoms with Crippen molar-refractivity contribution < 1.29 is 22.9 Å². The third-order valence-electron chi connectivity index (χ3n) is 4.25. The predicted octanol–water partition coefficient (Wildman–Crippen LogP) is 5.16. The third-order valence-corrected chi connectivity index (χ3v) is 16.9. The normalized spacial score (nSPS) is 24.0. The van der Waals surface area contributed by atoms with Crippen LogP contribution in [0.2, 0.25) is 3.67 Å². The van der Waals surface area contributed by atoms with Crippen LogP contribution in [-0.4, -0.2) is 0 Å². The van der Waals surface area contributed by atoms with E-state index in [1.165, 1.54) is 44.9 Å². The Balaban J connectivity index is 0.00000120. The summed E-state index contributed by atoms with van der Waals surface area (Å²) in [5.74, 6) is 0. The second kappa shape index (κ2) is 5.65. The van der Waals surface area contributed by atoms with E-state index >= 15 is 0 Å². The van der Waals surface area contributed by atoms with Gasteiger partial charge in [0.15, 0.2) is 0 Å². The summed E-state index contributed by atoms with van der Waals surface area (Å²) in [5, 5.41) is 0. The smallest absolute Gasteiger partial charge is 1.00 e. The van der Waals surface area contributed by atoms with Crippen LogP contribution in [-0.2, 0) is 21.4 Å². The summed E-state index contributed by atoms with van der Waals surface area (Å²) in [4.78, 5) is 0. The van der Waals surface area contributed by atoms with Crippen molar-refractivity contribution in [1.82, 2.24) is 0 Å². The quantitative estimate of drug-likeness (QED) is 0.582. The van der Waals surface area contributed by atoms with Gasteiger partial charge in [-0.05, 0) is 0 Å². The van der Waals surface area contributed by atoms with E-state index in [0.29, 0.717) is 0 Å². The largest absolute Gasteiger partial charge is 1.00 e. The molecule has 17 heavy (non-hydrogen) atoms. The molecule has 0 amide bonds. The summed E-state index contributed by atoms with van der Waals surface area (Å²) in [6.07, 6.45) is 24.4. The Labute approximate surface area is 114 Å². The molecular weight excluding hydrogens is 371 g/mol. The molecule has 0 bridgehead atoms. The molecule has 1 saturated carbocycles. The van der Waals surface area contributed by atoms with Crippen molar-refractivity contribution in [2.75, 3.05) is 0 Å². The van der Waals surface area contributed by atoms with Crippen molar-refractivity contribution in [3.63, 3.8) is 0 Å². The first-order valence-corrected chi connectivity index (χ1v) is 12.7. The fraction of sp³-hybridized carbons (Fsp3) is 0.500. The van der Waals surface area contributed by atoms with Crippen LogP contribution >= 0.6 is 0 Å². The van der Waals surface area contributed by atoms with E-state index in [2.05, 4.69) is 36.5 Å². The van der Waals surface area contributed by atoms with Gasteiger partial charge in [0.2, 0.25) is 0 Å². The van der Waals surface area contributed by atoms with E-state index < -0.39 is 21.4 Å². The molecule has 0 radical (unpaired) electrons. The first-order chi connectivity index (χ1) is 8.45. The van der Waals surface area contributed by atoms with Crippen LogP contribution in [0.5, 0.6) is 0 Å². The SMILES string of the molecule is C1=CC[C]([Hf+]([C]2=CC=CC2)[CH]2CCCCC2)=C1.[H-]. The molecule has 1 heteroatoms. The van der Waals surface area contributed by atoms with Gasteiger partial charge >= 0.3 is 113 Å². The van der Waals surface area contributed by atoms with Crippen LogP contribution < -0.4 is 0 Å². The van der Waals surface area contributed by atoms with E-state index in [1.807, 2.05) is 6.66 Å². The molecule has 90 valence electrons. The molecular formula is C16H22Hf. The Bertz CT molecular complexity index is 367. The van der Waals surface area contributed by atoms with Crippen molar-refractivity contribution >= 4 is 0 Å². The van der Waals surface area contributed by atoms with Crippen molar-refractivity contribution in [3.8, 4) is 0 Å². The first kappa shape index (κ1) is 11.9. The summed E-state index contributed by atoms with van der Waals surface area (Å²) in [7, 11) is 0. The molecule has 0 aliphatic heterocycles. The fourth-order valence-electron chi connectivity index (χ4n) is 3.42. The molecule has 3 aliphatic carbocycles. The van der Waals surface area contributed by atoms with Gasteiger partial charge in [-0.15, -0.1) is 0 Å². The maximum absolute atomic E-state index is 2.47. The molecule has 0 spiro atoms. The van der Waals surface area contributed by atoms with Crippen molar-refractivity contribution in [2.24, 2.45) is 0 Å². The van der Waals surface area contributed by atoms with Crippen molar-refractivity contribution in [3.05, 3.63) is 43.1 Å². The molecule has 0 saturated heterocycles. The Morgan fingerprint density at radius 1 is 0.882 bits per heavy atom. The fourth-order valence-corrected chi connectivity index (χ4v) is 16.6. The molecule has 0 aromatic carbocycles. The van der Waals surface area contributed by atoms with Gasteiger partial charge in [-0.1, -0.05) is 0 Å². The predicted molar refractivity (Wildman–Crippen MR) is 71.6 cm³/mol. The molecule has 0 nitrogen and oxygen atoms in total. The van der Waals surface area contributed by atoms with Gasteiger partial charge < -0.3 is 1.43 Å². The molecule has 0 atom stereocenters. The second-order valence-electron chi connectivity index (χ2n) is 5.40. The number of hydrogen-bond donors (Lipinski definition) is 0. The Morgan fingerprint density at radius 3 is 1.94 bits per heavy atom. The second-order valence-corrected chi connectivity index (χ2v) is 15.9. The summed E-state index contributed by atoms with van der Waals surface area (Å²) in [5.41, 5.74) is 0. The minimum absolute atomic E-state index is 0. The summed E-state index contributed by atoms with van der Waals surface area (Å²) in [6.45, 7) is 0. The van der Waals surface area contributed by atoms with E-state index in [1.54, 1.807) is 0 Å². The van der Waals surface area contributed by atoms with Gasteiger partial charge in [0.05, 0.1) is 0 Å². The maximum atomic E-state index is 2.47. The minimum atomic E-state index is -1.66. The third kappa shape index (κ3) is 2.65. The van der Waals surface area contributed by atoms with E-state index in [0.717, 1.165) is 3.67 Å². The van der Waals surface area contributed by atoms with Gasteiger partial charge in [0.25, 0.3) is 0 Å². The van der Waals surface area contributed by atoms with E-state index in [9.17, 15) is 0 Å². The standard InChI is InChI=1S/C6H11.2C5H5.Hf.H/c1-2-4-6-5-3-1;2*1-2-4-5-3-1;;/h1H,2-6H2;2*1-3H,4H2;;/q;;;+1;-1. The molecule has 0 aromatic rings. The van der Waals surface area contributed by atoms with Crippen molar-refractivity contribution in [2.45, 2.75) is 48.6 Å². The monoisotopic (exact) mass is 394 g/mol. The van der Waals surface area contributed by atoms with Gasteiger partial charge in [0, 0.05) is 0 Å². The van der Waals surface area contributed by atoms with Gasteiger partial charge in [-0.25, -0.2) is 0 Å². The maximum Gasteiger partial charge on any atom is -1.00 e. The van der Waals surface area contributed by atoms with Crippen molar-refractivity contribution in [1.29, 1.82) is 0 Å². The summed E-state index contributed by atoms with van der Waals surface area (Å²) < 4.78 is 4.90. The van der Waals surface area contributed by atoms with Crippen LogP contribution in [0.3, 0.4) is 0 Å².